The second kappa shape index (κ2) is 6.67. The summed E-state index contributed by atoms with van der Waals surface area (Å²) in [7, 11) is 0. The van der Waals surface area contributed by atoms with Gasteiger partial charge in [-0.3, -0.25) is 0 Å². The minimum atomic E-state index is -0.139. The van der Waals surface area contributed by atoms with Gasteiger partial charge >= 0.3 is 0 Å². The highest BCUT2D eigenvalue weighted by Gasteiger charge is 2.12. The van der Waals surface area contributed by atoms with Crippen LogP contribution in [0.5, 0.6) is 0 Å². The zero-order valence-corrected chi connectivity index (χ0v) is 13.8. The molecule has 1 heterocycles. The average molecular weight is 313 g/mol. The molecule has 0 fully saturated rings. The van der Waals surface area contributed by atoms with Gasteiger partial charge in [0.2, 0.25) is 0 Å². The van der Waals surface area contributed by atoms with Crippen molar-refractivity contribution in [2.45, 2.75) is 30.1 Å². The summed E-state index contributed by atoms with van der Waals surface area (Å²) in [6, 6.07) is 12.0. The summed E-state index contributed by atoms with van der Waals surface area (Å²) in [5.41, 5.74) is 4.62. The molecule has 0 bridgehead atoms. The van der Waals surface area contributed by atoms with Crippen LogP contribution in [0.2, 0.25) is 0 Å². The number of nitrogens with one attached hydrogen (secondary N) is 1. The zero-order valence-electron chi connectivity index (χ0n) is 12.9. The van der Waals surface area contributed by atoms with Crippen molar-refractivity contribution in [2.75, 3.05) is 13.1 Å². The molecular formula is C19H20FNS. The maximum Gasteiger partial charge on any atom is 0.127 e. The summed E-state index contributed by atoms with van der Waals surface area (Å²) in [5, 5.41) is 3.35. The fourth-order valence-electron chi connectivity index (χ4n) is 2.61. The van der Waals surface area contributed by atoms with Crippen LogP contribution >= 0.6 is 11.8 Å². The van der Waals surface area contributed by atoms with E-state index in [2.05, 4.69) is 36.5 Å². The molecule has 0 saturated heterocycles. The third-order valence-corrected chi connectivity index (χ3v) is 4.98. The van der Waals surface area contributed by atoms with Crippen LogP contribution in [0.3, 0.4) is 0 Å². The first-order valence-corrected chi connectivity index (χ1v) is 8.40. The third-order valence-electron chi connectivity index (χ3n) is 3.92. The summed E-state index contributed by atoms with van der Waals surface area (Å²) in [6.07, 6.45) is 3.30. The normalized spacial score (nSPS) is 14.8. The van der Waals surface area contributed by atoms with E-state index in [9.17, 15) is 4.39 Å². The van der Waals surface area contributed by atoms with Gasteiger partial charge in [-0.15, -0.1) is 0 Å². The predicted octanol–water partition coefficient (Wildman–Crippen LogP) is 4.97. The first kappa shape index (κ1) is 15.3. The minimum absolute atomic E-state index is 0.139. The van der Waals surface area contributed by atoms with E-state index < -0.39 is 0 Å². The van der Waals surface area contributed by atoms with Crippen LogP contribution in [0, 0.1) is 19.7 Å². The SMILES string of the molecule is Cc1ccc(Sc2ccc(C)c(F)c2)c(C2=CCNCC2)c1. The summed E-state index contributed by atoms with van der Waals surface area (Å²) in [4.78, 5) is 2.14. The van der Waals surface area contributed by atoms with Crippen LogP contribution in [0.25, 0.3) is 5.57 Å². The van der Waals surface area contributed by atoms with Crippen molar-refractivity contribution in [3.05, 3.63) is 65.0 Å². The van der Waals surface area contributed by atoms with Gasteiger partial charge in [-0.1, -0.05) is 41.6 Å². The zero-order chi connectivity index (χ0) is 15.5. The maximum atomic E-state index is 13.8. The molecule has 0 atom stereocenters. The number of hydrogen-bond donors (Lipinski definition) is 1. The van der Waals surface area contributed by atoms with Crippen LogP contribution in [-0.2, 0) is 0 Å². The molecule has 0 spiro atoms. The Morgan fingerprint density at radius 1 is 1.09 bits per heavy atom. The van der Waals surface area contributed by atoms with Gasteiger partial charge in [0.25, 0.3) is 0 Å². The van der Waals surface area contributed by atoms with E-state index in [1.807, 2.05) is 12.1 Å². The smallest absolute Gasteiger partial charge is 0.127 e. The van der Waals surface area contributed by atoms with E-state index in [1.165, 1.54) is 21.6 Å². The van der Waals surface area contributed by atoms with Crippen LogP contribution in [0.1, 0.15) is 23.1 Å². The summed E-state index contributed by atoms with van der Waals surface area (Å²) in [5.74, 6) is -0.139. The number of benzene rings is 2. The van der Waals surface area contributed by atoms with Gasteiger partial charge in [-0.05, 0) is 61.7 Å². The molecule has 22 heavy (non-hydrogen) atoms. The van der Waals surface area contributed by atoms with E-state index in [1.54, 1.807) is 24.8 Å². The van der Waals surface area contributed by atoms with Crippen molar-refractivity contribution in [3.63, 3.8) is 0 Å². The monoisotopic (exact) mass is 313 g/mol. The van der Waals surface area contributed by atoms with Crippen molar-refractivity contribution in [1.29, 1.82) is 0 Å². The molecule has 1 aliphatic heterocycles. The van der Waals surface area contributed by atoms with Crippen molar-refractivity contribution in [1.82, 2.24) is 5.32 Å². The Hall–Kier alpha value is -1.58. The van der Waals surface area contributed by atoms with E-state index in [0.717, 1.165) is 24.4 Å². The predicted molar refractivity (Wildman–Crippen MR) is 91.9 cm³/mol. The fourth-order valence-corrected chi connectivity index (χ4v) is 3.60. The number of hydrogen-bond acceptors (Lipinski definition) is 2. The summed E-state index contributed by atoms with van der Waals surface area (Å²) >= 11 is 1.64. The van der Waals surface area contributed by atoms with E-state index in [-0.39, 0.29) is 5.82 Å². The van der Waals surface area contributed by atoms with Gasteiger partial charge in [0.15, 0.2) is 0 Å². The first-order valence-electron chi connectivity index (χ1n) is 7.58. The molecule has 3 heteroatoms. The number of aryl methyl sites for hydroxylation is 2. The molecular weight excluding hydrogens is 293 g/mol. The molecule has 1 N–H and O–H groups in total. The minimum Gasteiger partial charge on any atom is -0.313 e. The second-order valence-corrected chi connectivity index (χ2v) is 6.81. The largest absolute Gasteiger partial charge is 0.313 e. The molecule has 0 aromatic heterocycles. The Morgan fingerprint density at radius 2 is 1.95 bits per heavy atom. The van der Waals surface area contributed by atoms with Crippen molar-refractivity contribution in [3.8, 4) is 0 Å². The van der Waals surface area contributed by atoms with Gasteiger partial charge in [0.1, 0.15) is 5.82 Å². The van der Waals surface area contributed by atoms with E-state index >= 15 is 0 Å². The van der Waals surface area contributed by atoms with Crippen molar-refractivity contribution >= 4 is 17.3 Å². The summed E-state index contributed by atoms with van der Waals surface area (Å²) < 4.78 is 13.8. The topological polar surface area (TPSA) is 12.0 Å². The van der Waals surface area contributed by atoms with Gasteiger partial charge in [-0.25, -0.2) is 4.39 Å². The molecule has 2 aromatic rings. The molecule has 0 radical (unpaired) electrons. The van der Waals surface area contributed by atoms with Gasteiger partial charge in [-0.2, -0.15) is 0 Å². The highest BCUT2D eigenvalue weighted by atomic mass is 32.2. The Labute approximate surface area is 135 Å². The van der Waals surface area contributed by atoms with Gasteiger partial charge in [0.05, 0.1) is 0 Å². The lowest BCUT2D eigenvalue weighted by atomic mass is 9.99. The molecule has 0 amide bonds. The van der Waals surface area contributed by atoms with Crippen LogP contribution in [0.15, 0.2) is 52.3 Å². The van der Waals surface area contributed by atoms with Crippen LogP contribution in [-0.4, -0.2) is 13.1 Å². The number of halogens is 1. The highest BCUT2D eigenvalue weighted by Crippen LogP contribution is 2.36. The molecule has 2 aromatic carbocycles. The van der Waals surface area contributed by atoms with Crippen LogP contribution in [0.4, 0.5) is 4.39 Å². The van der Waals surface area contributed by atoms with E-state index in [4.69, 9.17) is 0 Å². The Morgan fingerprint density at radius 3 is 2.68 bits per heavy atom. The third kappa shape index (κ3) is 3.42. The van der Waals surface area contributed by atoms with E-state index in [0.29, 0.717) is 5.56 Å². The molecule has 3 rings (SSSR count). The molecule has 1 nitrogen and oxygen atoms in total. The van der Waals surface area contributed by atoms with Gasteiger partial charge in [0, 0.05) is 16.3 Å². The number of rotatable bonds is 3. The second-order valence-electron chi connectivity index (χ2n) is 5.70. The lowest BCUT2D eigenvalue weighted by molar-refractivity contribution is 0.615. The van der Waals surface area contributed by atoms with Crippen LogP contribution < -0.4 is 5.32 Å². The molecule has 0 aliphatic carbocycles. The van der Waals surface area contributed by atoms with Gasteiger partial charge < -0.3 is 5.32 Å². The Kier molecular flexibility index (Phi) is 4.65. The molecule has 0 unspecified atom stereocenters. The maximum absolute atomic E-state index is 13.8. The highest BCUT2D eigenvalue weighted by molar-refractivity contribution is 7.99. The lowest BCUT2D eigenvalue weighted by Crippen LogP contribution is -2.20. The lowest BCUT2D eigenvalue weighted by Gasteiger charge is -2.18. The quantitative estimate of drug-likeness (QED) is 0.858. The molecule has 1 aliphatic rings. The standard InChI is InChI=1S/C19H20FNS/c1-13-3-6-19(17(11-13)15-7-9-21-10-8-15)22-16-5-4-14(2)18(20)12-16/h3-7,11-12,21H,8-10H2,1-2H3. The average Bonchev–Trinajstić information content (AvgIpc) is 2.53. The van der Waals surface area contributed by atoms with Crippen molar-refractivity contribution in [2.24, 2.45) is 0 Å². The molecule has 0 saturated carbocycles. The Bertz CT molecular complexity index is 721. The van der Waals surface area contributed by atoms with Crippen molar-refractivity contribution < 1.29 is 4.39 Å². The first-order chi connectivity index (χ1) is 10.6. The molecule has 114 valence electrons. The Balaban J connectivity index is 1.96. The summed E-state index contributed by atoms with van der Waals surface area (Å²) in [6.45, 7) is 5.85. The fraction of sp³-hybridized carbons (Fsp3) is 0.263.